The maximum Gasteiger partial charge on any atom is 0.317 e. The first kappa shape index (κ1) is 10.4. The van der Waals surface area contributed by atoms with Gasteiger partial charge in [-0.3, -0.25) is 4.79 Å². The second-order valence-corrected chi connectivity index (χ2v) is 3.24. The Labute approximate surface area is 74.7 Å². The minimum atomic E-state index is -0.660. The zero-order valence-electron chi connectivity index (χ0n) is 6.56. The number of hydrogen-bond acceptors (Lipinski definition) is 2. The van der Waals surface area contributed by atoms with E-state index >= 15 is 0 Å². The molecule has 0 aromatic carbocycles. The summed E-state index contributed by atoms with van der Waals surface area (Å²) in [6, 6.07) is 0. The number of hydrogen-bond donors (Lipinski definition) is 0. The van der Waals surface area contributed by atoms with E-state index in [9.17, 15) is 4.79 Å². The third-order valence-corrected chi connectivity index (χ3v) is 1.42. The van der Waals surface area contributed by atoms with Gasteiger partial charge in [-0.25, -0.2) is 6.57 Å². The van der Waals surface area contributed by atoms with Crippen LogP contribution >= 0.6 is 15.9 Å². The molecule has 0 saturated carbocycles. The minimum absolute atomic E-state index is 0.175. The van der Waals surface area contributed by atoms with Crippen LogP contribution in [-0.2, 0) is 9.53 Å². The summed E-state index contributed by atoms with van der Waals surface area (Å²) in [7, 11) is 0. The Hall–Kier alpha value is -0.560. The van der Waals surface area contributed by atoms with Crippen molar-refractivity contribution in [3.8, 4) is 0 Å². The topological polar surface area (TPSA) is 30.7 Å². The first-order valence-electron chi connectivity index (χ1n) is 3.13. The molecule has 0 amide bonds. The molecule has 0 radical (unpaired) electrons. The number of ether oxygens (including phenoxy) is 1. The number of esters is 1. The highest BCUT2D eigenvalue weighted by molar-refractivity contribution is 9.09. The molecule has 0 aliphatic carbocycles. The zero-order valence-corrected chi connectivity index (χ0v) is 8.14. The van der Waals surface area contributed by atoms with Gasteiger partial charge in [0.15, 0.2) is 5.60 Å². The van der Waals surface area contributed by atoms with Crippen molar-refractivity contribution < 1.29 is 9.53 Å². The third kappa shape index (κ3) is 4.79. The zero-order chi connectivity index (χ0) is 8.91. The van der Waals surface area contributed by atoms with E-state index in [1.165, 1.54) is 0 Å². The standard InChI is InChI=1S/C7H10BrNO2/c1-7(2,5-9-3)11-6(10)4-8/h4-5H2,1-2H3. The first-order valence-corrected chi connectivity index (χ1v) is 4.25. The number of halogens is 1. The van der Waals surface area contributed by atoms with Gasteiger partial charge in [0.25, 0.3) is 6.54 Å². The molecule has 11 heavy (non-hydrogen) atoms. The van der Waals surface area contributed by atoms with Crippen molar-refractivity contribution in [3.63, 3.8) is 0 Å². The number of rotatable bonds is 3. The molecule has 0 aliphatic rings. The van der Waals surface area contributed by atoms with E-state index in [0.717, 1.165) is 0 Å². The number of nitrogens with zero attached hydrogens (tertiary/aromatic N) is 1. The Morgan fingerprint density at radius 2 is 2.27 bits per heavy atom. The fraction of sp³-hybridized carbons (Fsp3) is 0.714. The third-order valence-electron chi connectivity index (χ3n) is 0.959. The van der Waals surface area contributed by atoms with Crippen LogP contribution in [0.5, 0.6) is 0 Å². The van der Waals surface area contributed by atoms with Crippen LogP contribution in [0.1, 0.15) is 13.8 Å². The molecule has 62 valence electrons. The highest BCUT2D eigenvalue weighted by atomic mass is 79.9. The van der Waals surface area contributed by atoms with Gasteiger partial charge in [0.2, 0.25) is 0 Å². The molecule has 0 aromatic heterocycles. The molecule has 0 unspecified atom stereocenters. The lowest BCUT2D eigenvalue weighted by molar-refractivity contribution is -0.151. The largest absolute Gasteiger partial charge is 0.451 e. The van der Waals surface area contributed by atoms with Crippen molar-refractivity contribution in [3.05, 3.63) is 11.4 Å². The maximum absolute atomic E-state index is 10.7. The fourth-order valence-electron chi connectivity index (χ4n) is 0.558. The van der Waals surface area contributed by atoms with Crippen molar-refractivity contribution in [2.24, 2.45) is 0 Å². The van der Waals surface area contributed by atoms with E-state index < -0.39 is 5.60 Å². The minimum Gasteiger partial charge on any atom is -0.451 e. The molecule has 0 aromatic rings. The van der Waals surface area contributed by atoms with E-state index in [2.05, 4.69) is 20.8 Å². The Kier molecular flexibility index (Phi) is 4.12. The summed E-state index contributed by atoms with van der Waals surface area (Å²) in [6.45, 7) is 10.2. The van der Waals surface area contributed by atoms with Crippen LogP contribution in [-0.4, -0.2) is 23.4 Å². The Morgan fingerprint density at radius 3 is 2.64 bits per heavy atom. The van der Waals surface area contributed by atoms with Crippen molar-refractivity contribution in [1.82, 2.24) is 0 Å². The fourth-order valence-corrected chi connectivity index (χ4v) is 0.673. The monoisotopic (exact) mass is 219 g/mol. The van der Waals surface area contributed by atoms with Crippen LogP contribution < -0.4 is 0 Å². The van der Waals surface area contributed by atoms with Gasteiger partial charge in [-0.15, -0.1) is 0 Å². The second-order valence-electron chi connectivity index (χ2n) is 2.68. The molecule has 0 bridgehead atoms. The summed E-state index contributed by atoms with van der Waals surface area (Å²) in [6.07, 6.45) is 0. The summed E-state index contributed by atoms with van der Waals surface area (Å²) in [5, 5.41) is 0.175. The van der Waals surface area contributed by atoms with Gasteiger partial charge in [-0.2, -0.15) is 0 Å². The molecule has 0 fully saturated rings. The van der Waals surface area contributed by atoms with Crippen molar-refractivity contribution >= 4 is 21.9 Å². The van der Waals surface area contributed by atoms with E-state index in [-0.39, 0.29) is 17.8 Å². The van der Waals surface area contributed by atoms with Crippen LogP contribution in [0.15, 0.2) is 0 Å². The van der Waals surface area contributed by atoms with Gasteiger partial charge in [0.1, 0.15) is 5.33 Å². The molecule has 0 spiro atoms. The van der Waals surface area contributed by atoms with Crippen molar-refractivity contribution in [2.45, 2.75) is 19.4 Å². The van der Waals surface area contributed by atoms with Crippen LogP contribution in [0.3, 0.4) is 0 Å². The predicted octanol–water partition coefficient (Wildman–Crippen LogP) is 1.62. The van der Waals surface area contributed by atoms with E-state index in [1.54, 1.807) is 13.8 Å². The molecule has 3 nitrogen and oxygen atoms in total. The van der Waals surface area contributed by atoms with Gasteiger partial charge < -0.3 is 9.58 Å². The van der Waals surface area contributed by atoms with Gasteiger partial charge in [0, 0.05) is 0 Å². The van der Waals surface area contributed by atoms with Gasteiger partial charge in [-0.05, 0) is 13.8 Å². The van der Waals surface area contributed by atoms with Gasteiger partial charge in [0.05, 0.1) is 0 Å². The summed E-state index contributed by atoms with van der Waals surface area (Å²) in [5.74, 6) is -0.335. The average molecular weight is 220 g/mol. The Bertz CT molecular complexity index is 183. The molecule has 0 rings (SSSR count). The van der Waals surface area contributed by atoms with Gasteiger partial charge in [-0.1, -0.05) is 15.9 Å². The van der Waals surface area contributed by atoms with Crippen LogP contribution in [0.4, 0.5) is 0 Å². The predicted molar refractivity (Wildman–Crippen MR) is 45.4 cm³/mol. The number of carbonyl (C=O) groups excluding carboxylic acids is 1. The molecule has 0 heterocycles. The molecule has 4 heteroatoms. The number of carbonyl (C=O) groups is 1. The van der Waals surface area contributed by atoms with Crippen LogP contribution in [0.25, 0.3) is 4.85 Å². The number of alkyl halides is 1. The summed E-state index contributed by atoms with van der Waals surface area (Å²) < 4.78 is 4.93. The van der Waals surface area contributed by atoms with Crippen molar-refractivity contribution in [2.75, 3.05) is 11.9 Å². The second kappa shape index (κ2) is 4.35. The van der Waals surface area contributed by atoms with Crippen LogP contribution in [0, 0.1) is 6.57 Å². The first-order chi connectivity index (χ1) is 5.02. The van der Waals surface area contributed by atoms with E-state index in [0.29, 0.717) is 0 Å². The quantitative estimate of drug-likeness (QED) is 0.411. The SMILES string of the molecule is [C-]#[N+]CC(C)(C)OC(=O)CBr. The Balaban J connectivity index is 3.92. The summed E-state index contributed by atoms with van der Waals surface area (Å²) in [4.78, 5) is 13.9. The van der Waals surface area contributed by atoms with Crippen molar-refractivity contribution in [1.29, 1.82) is 0 Å². The highest BCUT2D eigenvalue weighted by Gasteiger charge is 2.25. The average Bonchev–Trinajstić information content (AvgIpc) is 1.86. The normalized spacial score (nSPS) is 10.4. The molecule has 0 N–H and O–H groups in total. The molecule has 0 atom stereocenters. The van der Waals surface area contributed by atoms with E-state index in [1.807, 2.05) is 0 Å². The summed E-state index contributed by atoms with van der Waals surface area (Å²) in [5.41, 5.74) is -0.660. The lowest BCUT2D eigenvalue weighted by atomic mass is 10.1. The lowest BCUT2D eigenvalue weighted by Crippen LogP contribution is -2.31. The molecule has 0 aliphatic heterocycles. The smallest absolute Gasteiger partial charge is 0.317 e. The maximum atomic E-state index is 10.7. The molecular weight excluding hydrogens is 210 g/mol. The van der Waals surface area contributed by atoms with Crippen LogP contribution in [0.2, 0.25) is 0 Å². The molecule has 0 saturated heterocycles. The van der Waals surface area contributed by atoms with E-state index in [4.69, 9.17) is 11.3 Å². The highest BCUT2D eigenvalue weighted by Crippen LogP contribution is 2.10. The van der Waals surface area contributed by atoms with Gasteiger partial charge >= 0.3 is 5.97 Å². The lowest BCUT2D eigenvalue weighted by Gasteiger charge is -2.18. The Morgan fingerprint density at radius 1 is 1.73 bits per heavy atom. The molecular formula is C7H10BrNO2. The summed E-state index contributed by atoms with van der Waals surface area (Å²) >= 11 is 2.97.